The van der Waals surface area contributed by atoms with Crippen LogP contribution in [-0.4, -0.2) is 9.85 Å². The molecule has 0 amide bonds. The Morgan fingerprint density at radius 2 is 1.55 bits per heavy atom. The van der Waals surface area contributed by atoms with Gasteiger partial charge in [-0.05, 0) is 12.8 Å². The van der Waals surface area contributed by atoms with E-state index in [1.165, 1.54) is 13.8 Å². The third-order valence-electron chi connectivity index (χ3n) is 2.88. The van der Waals surface area contributed by atoms with E-state index >= 15 is 0 Å². The maximum Gasteiger partial charge on any atom is 0.417 e. The van der Waals surface area contributed by atoms with Crippen molar-refractivity contribution in [2.45, 2.75) is 32.9 Å². The molecule has 0 aliphatic rings. The molecule has 0 unspecified atom stereocenters. The number of nitrogens with zero attached hydrogens (tertiary/aromatic N) is 2. The molecule has 0 N–H and O–H groups in total. The van der Waals surface area contributed by atoms with E-state index in [1.54, 1.807) is 0 Å². The van der Waals surface area contributed by atoms with E-state index < -0.39 is 38.5 Å². The van der Waals surface area contributed by atoms with E-state index in [4.69, 9.17) is 0 Å². The second-order valence-electron chi connectivity index (χ2n) is 3.97. The van der Waals surface area contributed by atoms with E-state index in [9.17, 15) is 33.4 Å². The summed E-state index contributed by atoms with van der Waals surface area (Å²) in [5, 5.41) is 21.9. The van der Waals surface area contributed by atoms with Gasteiger partial charge in [-0.15, -0.1) is 0 Å². The van der Waals surface area contributed by atoms with Crippen LogP contribution in [0.4, 0.5) is 24.5 Å². The van der Waals surface area contributed by atoms with E-state index in [-0.39, 0.29) is 18.4 Å². The zero-order chi connectivity index (χ0) is 15.7. The zero-order valence-corrected chi connectivity index (χ0v) is 10.7. The fraction of sp³-hybridized carbons (Fsp3) is 0.455. The van der Waals surface area contributed by atoms with Crippen molar-refractivity contribution in [2.24, 2.45) is 0 Å². The Morgan fingerprint density at radius 3 is 1.85 bits per heavy atom. The van der Waals surface area contributed by atoms with Gasteiger partial charge in [0.2, 0.25) is 0 Å². The minimum Gasteiger partial charge on any atom is -0.258 e. The Labute approximate surface area is 111 Å². The third kappa shape index (κ3) is 2.70. The van der Waals surface area contributed by atoms with E-state index in [1.807, 2.05) is 0 Å². The van der Waals surface area contributed by atoms with Crippen molar-refractivity contribution in [3.8, 4) is 0 Å². The first kappa shape index (κ1) is 15.9. The lowest BCUT2D eigenvalue weighted by molar-refractivity contribution is -0.396. The van der Waals surface area contributed by atoms with Crippen molar-refractivity contribution in [3.05, 3.63) is 43.0 Å². The number of nitro benzene ring substituents is 2. The van der Waals surface area contributed by atoms with Crippen LogP contribution < -0.4 is 0 Å². The molecule has 9 heteroatoms. The lowest BCUT2D eigenvalue weighted by Crippen LogP contribution is -2.14. The molecular formula is C11H11F3N2O4. The fourth-order valence-corrected chi connectivity index (χ4v) is 2.08. The highest BCUT2D eigenvalue weighted by Crippen LogP contribution is 2.42. The number of alkyl halides is 3. The first-order valence-electron chi connectivity index (χ1n) is 5.69. The molecule has 0 aromatic heterocycles. The summed E-state index contributed by atoms with van der Waals surface area (Å²) in [5.74, 6) is 0. The van der Waals surface area contributed by atoms with Gasteiger partial charge in [0.1, 0.15) is 5.56 Å². The topological polar surface area (TPSA) is 86.3 Å². The molecule has 0 spiro atoms. The van der Waals surface area contributed by atoms with Gasteiger partial charge in [0.15, 0.2) is 0 Å². The molecule has 6 nitrogen and oxygen atoms in total. The number of nitro groups is 2. The molecule has 0 atom stereocenters. The molecule has 0 aliphatic carbocycles. The van der Waals surface area contributed by atoms with Crippen LogP contribution in [0.1, 0.15) is 30.5 Å². The van der Waals surface area contributed by atoms with Crippen molar-refractivity contribution >= 4 is 11.4 Å². The Hall–Kier alpha value is -2.19. The highest BCUT2D eigenvalue weighted by Gasteiger charge is 2.40. The lowest BCUT2D eigenvalue weighted by Gasteiger charge is -2.14. The molecule has 1 aromatic rings. The van der Waals surface area contributed by atoms with Gasteiger partial charge in [-0.3, -0.25) is 20.2 Å². The quantitative estimate of drug-likeness (QED) is 0.626. The SMILES string of the molecule is CCc1c([N+](=O)[O-])cc(C(F)(F)F)c(CC)c1[N+](=O)[O-]. The van der Waals surface area contributed by atoms with Crippen molar-refractivity contribution < 1.29 is 23.0 Å². The van der Waals surface area contributed by atoms with Crippen molar-refractivity contribution in [1.82, 2.24) is 0 Å². The molecule has 0 bridgehead atoms. The summed E-state index contributed by atoms with van der Waals surface area (Å²) in [6, 6.07) is 0.380. The predicted molar refractivity (Wildman–Crippen MR) is 63.5 cm³/mol. The van der Waals surface area contributed by atoms with Gasteiger partial charge in [0, 0.05) is 11.6 Å². The van der Waals surface area contributed by atoms with Crippen LogP contribution in [0.5, 0.6) is 0 Å². The summed E-state index contributed by atoms with van der Waals surface area (Å²) >= 11 is 0. The van der Waals surface area contributed by atoms with E-state index in [0.717, 1.165) is 0 Å². The van der Waals surface area contributed by atoms with Gasteiger partial charge in [-0.25, -0.2) is 0 Å². The second kappa shape index (κ2) is 5.43. The van der Waals surface area contributed by atoms with Crippen LogP contribution in [0.25, 0.3) is 0 Å². The van der Waals surface area contributed by atoms with Gasteiger partial charge in [0.05, 0.1) is 15.4 Å². The van der Waals surface area contributed by atoms with Crippen LogP contribution >= 0.6 is 0 Å². The molecule has 20 heavy (non-hydrogen) atoms. The summed E-state index contributed by atoms with van der Waals surface area (Å²) in [7, 11) is 0. The highest BCUT2D eigenvalue weighted by atomic mass is 19.4. The van der Waals surface area contributed by atoms with Crippen LogP contribution in [-0.2, 0) is 19.0 Å². The van der Waals surface area contributed by atoms with Crippen molar-refractivity contribution in [1.29, 1.82) is 0 Å². The maximum absolute atomic E-state index is 12.9. The Morgan fingerprint density at radius 1 is 1.05 bits per heavy atom. The van der Waals surface area contributed by atoms with Gasteiger partial charge >= 0.3 is 6.18 Å². The standard InChI is InChI=1S/C11H11F3N2O4/c1-3-6-8(11(12,13)14)5-9(15(17)18)7(4-2)10(6)16(19)20/h5H,3-4H2,1-2H3. The molecule has 1 rings (SSSR count). The molecule has 0 aliphatic heterocycles. The molecule has 0 saturated carbocycles. The van der Waals surface area contributed by atoms with Gasteiger partial charge in [-0.2, -0.15) is 13.2 Å². The van der Waals surface area contributed by atoms with Crippen LogP contribution in [0, 0.1) is 20.2 Å². The minimum atomic E-state index is -4.88. The van der Waals surface area contributed by atoms with E-state index in [0.29, 0.717) is 6.07 Å². The van der Waals surface area contributed by atoms with Crippen LogP contribution in [0.3, 0.4) is 0 Å². The van der Waals surface area contributed by atoms with Gasteiger partial charge < -0.3 is 0 Å². The number of hydrogen-bond acceptors (Lipinski definition) is 4. The first-order chi connectivity index (χ1) is 9.15. The van der Waals surface area contributed by atoms with Crippen molar-refractivity contribution in [2.75, 3.05) is 0 Å². The average molecular weight is 292 g/mol. The van der Waals surface area contributed by atoms with Gasteiger partial charge in [-0.1, -0.05) is 13.8 Å². The lowest BCUT2D eigenvalue weighted by atomic mass is 9.95. The minimum absolute atomic E-state index is 0.0994. The van der Waals surface area contributed by atoms with Crippen LogP contribution in [0.15, 0.2) is 6.07 Å². The first-order valence-corrected chi connectivity index (χ1v) is 5.69. The number of hydrogen-bond donors (Lipinski definition) is 0. The monoisotopic (exact) mass is 292 g/mol. The Bertz CT molecular complexity index is 570. The summed E-state index contributed by atoms with van der Waals surface area (Å²) in [6.07, 6.45) is -5.22. The number of halogens is 3. The smallest absolute Gasteiger partial charge is 0.258 e. The molecule has 110 valence electrons. The molecular weight excluding hydrogens is 281 g/mol. The van der Waals surface area contributed by atoms with E-state index in [2.05, 4.69) is 0 Å². The largest absolute Gasteiger partial charge is 0.417 e. The summed E-state index contributed by atoms with van der Waals surface area (Å²) in [6.45, 7) is 2.75. The molecule has 1 aromatic carbocycles. The summed E-state index contributed by atoms with van der Waals surface area (Å²) in [5.41, 5.74) is -3.81. The Kier molecular flexibility index (Phi) is 4.31. The van der Waals surface area contributed by atoms with Crippen molar-refractivity contribution in [3.63, 3.8) is 0 Å². The van der Waals surface area contributed by atoms with Crippen LogP contribution in [0.2, 0.25) is 0 Å². The number of benzene rings is 1. The normalized spacial score (nSPS) is 11.4. The molecule has 0 saturated heterocycles. The summed E-state index contributed by atoms with van der Waals surface area (Å²) in [4.78, 5) is 19.9. The second-order valence-corrected chi connectivity index (χ2v) is 3.97. The number of rotatable bonds is 4. The third-order valence-corrected chi connectivity index (χ3v) is 2.88. The highest BCUT2D eigenvalue weighted by molar-refractivity contribution is 5.62. The summed E-state index contributed by atoms with van der Waals surface area (Å²) < 4.78 is 38.7. The zero-order valence-electron chi connectivity index (χ0n) is 10.7. The maximum atomic E-state index is 12.9. The average Bonchev–Trinajstić information content (AvgIpc) is 2.34. The van der Waals surface area contributed by atoms with Gasteiger partial charge in [0.25, 0.3) is 11.4 Å². The Balaban J connectivity index is 3.90. The molecule has 0 fully saturated rings. The fourth-order valence-electron chi connectivity index (χ4n) is 2.08. The predicted octanol–water partition coefficient (Wildman–Crippen LogP) is 3.65. The molecule has 0 radical (unpaired) electrons. The molecule has 0 heterocycles.